The minimum Gasteiger partial charge on any atom is -0.493 e. The van der Waals surface area contributed by atoms with E-state index in [4.69, 9.17) is 15.3 Å². The normalized spacial score (nSPS) is 10.6. The van der Waals surface area contributed by atoms with Crippen LogP contribution in [0.2, 0.25) is 0 Å². The fourth-order valence-corrected chi connectivity index (χ4v) is 3.83. The van der Waals surface area contributed by atoms with E-state index >= 15 is 0 Å². The van der Waals surface area contributed by atoms with Gasteiger partial charge in [-0.1, -0.05) is 11.3 Å². The van der Waals surface area contributed by atoms with E-state index in [9.17, 15) is 4.79 Å². The number of nitrogens with zero attached hydrogens (tertiary/aromatic N) is 1. The summed E-state index contributed by atoms with van der Waals surface area (Å²) in [4.78, 5) is 16.9. The fraction of sp³-hybridized carbons (Fsp3) is 0.125. The van der Waals surface area contributed by atoms with Crippen molar-refractivity contribution in [2.75, 3.05) is 25.0 Å². The fourth-order valence-electron chi connectivity index (χ4n) is 2.30. The van der Waals surface area contributed by atoms with Crippen LogP contribution in [-0.2, 0) is 0 Å². The molecule has 3 rings (SSSR count). The molecule has 0 saturated carbocycles. The Morgan fingerprint density at radius 1 is 1.20 bits per heavy atom. The molecular formula is C16H15BrN4O3S. The van der Waals surface area contributed by atoms with Crippen molar-refractivity contribution in [1.82, 2.24) is 4.98 Å². The van der Waals surface area contributed by atoms with Gasteiger partial charge in [-0.3, -0.25) is 10.2 Å². The Morgan fingerprint density at radius 3 is 2.64 bits per heavy atom. The number of hydrogen-bond acceptors (Lipinski definition) is 7. The number of anilines is 2. The van der Waals surface area contributed by atoms with Crippen LogP contribution in [0.25, 0.3) is 10.2 Å². The smallest absolute Gasteiger partial charge is 0.255 e. The summed E-state index contributed by atoms with van der Waals surface area (Å²) >= 11 is 4.86. The highest BCUT2D eigenvalue weighted by Crippen LogP contribution is 2.34. The molecule has 0 saturated heterocycles. The lowest BCUT2D eigenvalue weighted by molar-refractivity contribution is 0.102. The summed E-state index contributed by atoms with van der Waals surface area (Å²) in [6.45, 7) is 0. The van der Waals surface area contributed by atoms with Crippen molar-refractivity contribution in [2.45, 2.75) is 0 Å². The van der Waals surface area contributed by atoms with Crippen LogP contribution in [0.1, 0.15) is 10.4 Å². The monoisotopic (exact) mass is 422 g/mol. The lowest BCUT2D eigenvalue weighted by Gasteiger charge is -2.10. The van der Waals surface area contributed by atoms with Gasteiger partial charge in [0.2, 0.25) is 0 Å². The second-order valence-electron chi connectivity index (χ2n) is 4.99. The number of nitrogen functional groups attached to an aromatic ring is 1. The number of aromatic nitrogens is 1. The van der Waals surface area contributed by atoms with Gasteiger partial charge >= 0.3 is 0 Å². The molecule has 0 unspecified atom stereocenters. The van der Waals surface area contributed by atoms with Gasteiger partial charge in [-0.05, 0) is 46.3 Å². The van der Waals surface area contributed by atoms with E-state index in [-0.39, 0.29) is 5.91 Å². The highest BCUT2D eigenvalue weighted by atomic mass is 79.9. The van der Waals surface area contributed by atoms with Gasteiger partial charge in [-0.25, -0.2) is 10.8 Å². The number of amides is 1. The van der Waals surface area contributed by atoms with Crippen molar-refractivity contribution in [3.05, 3.63) is 40.4 Å². The molecule has 0 bridgehead atoms. The average Bonchev–Trinajstić information content (AvgIpc) is 3.04. The molecule has 0 fully saturated rings. The van der Waals surface area contributed by atoms with Crippen LogP contribution in [0.5, 0.6) is 11.5 Å². The number of hydrogen-bond donors (Lipinski definition) is 3. The van der Waals surface area contributed by atoms with Gasteiger partial charge < -0.3 is 14.8 Å². The first-order chi connectivity index (χ1) is 12.0. The van der Waals surface area contributed by atoms with Crippen LogP contribution in [0.4, 0.5) is 10.8 Å². The van der Waals surface area contributed by atoms with Gasteiger partial charge in [-0.15, -0.1) is 0 Å². The number of thiazole rings is 1. The molecule has 0 radical (unpaired) electrons. The quantitative estimate of drug-likeness (QED) is 0.429. The molecule has 130 valence electrons. The first-order valence-electron chi connectivity index (χ1n) is 7.15. The second-order valence-corrected chi connectivity index (χ2v) is 6.88. The van der Waals surface area contributed by atoms with Crippen LogP contribution in [-0.4, -0.2) is 25.1 Å². The lowest BCUT2D eigenvalue weighted by Crippen LogP contribution is -2.12. The number of ether oxygens (including phenoxy) is 2. The zero-order chi connectivity index (χ0) is 18.0. The number of halogens is 1. The number of methoxy groups -OCH3 is 2. The van der Waals surface area contributed by atoms with Gasteiger partial charge in [0, 0.05) is 15.7 Å². The number of nitrogens with two attached hydrogens (primary N) is 1. The molecule has 0 aliphatic rings. The van der Waals surface area contributed by atoms with Crippen molar-refractivity contribution in [2.24, 2.45) is 5.84 Å². The largest absolute Gasteiger partial charge is 0.493 e. The van der Waals surface area contributed by atoms with E-state index in [2.05, 4.69) is 31.7 Å². The molecule has 0 aliphatic heterocycles. The summed E-state index contributed by atoms with van der Waals surface area (Å²) in [7, 11) is 3.07. The van der Waals surface area contributed by atoms with Gasteiger partial charge in [-0.2, -0.15) is 0 Å². The number of hydrazine groups is 1. The Bertz CT molecular complexity index is 945. The Hall–Kier alpha value is -2.36. The number of benzene rings is 2. The van der Waals surface area contributed by atoms with Gasteiger partial charge in [0.15, 0.2) is 16.6 Å². The topological polar surface area (TPSA) is 98.5 Å². The maximum Gasteiger partial charge on any atom is 0.255 e. The second kappa shape index (κ2) is 7.26. The predicted octanol–water partition coefficient (Wildman–Crippen LogP) is 3.61. The molecule has 1 aromatic heterocycles. The Morgan fingerprint density at radius 2 is 1.96 bits per heavy atom. The predicted molar refractivity (Wildman–Crippen MR) is 103 cm³/mol. The molecule has 25 heavy (non-hydrogen) atoms. The lowest BCUT2D eigenvalue weighted by atomic mass is 10.2. The highest BCUT2D eigenvalue weighted by Gasteiger charge is 2.13. The summed E-state index contributed by atoms with van der Waals surface area (Å²) in [6.07, 6.45) is 0. The van der Waals surface area contributed by atoms with E-state index in [0.29, 0.717) is 27.9 Å². The zero-order valence-corrected chi connectivity index (χ0v) is 15.8. The molecule has 1 amide bonds. The molecule has 0 spiro atoms. The Labute approximate surface area is 156 Å². The Balaban J connectivity index is 1.89. The third-order valence-corrected chi connectivity index (χ3v) is 5.01. The molecule has 0 atom stereocenters. The molecule has 2 aromatic carbocycles. The third-order valence-electron chi connectivity index (χ3n) is 3.48. The van der Waals surface area contributed by atoms with Gasteiger partial charge in [0.05, 0.1) is 24.4 Å². The first kappa shape index (κ1) is 17.5. The zero-order valence-electron chi connectivity index (χ0n) is 13.4. The van der Waals surface area contributed by atoms with Gasteiger partial charge in [0.25, 0.3) is 5.91 Å². The SMILES string of the molecule is COc1ccc(C(=O)Nc2cc(Br)c3nc(NN)sc3c2)cc1OC. The third kappa shape index (κ3) is 3.53. The summed E-state index contributed by atoms with van der Waals surface area (Å²) < 4.78 is 12.1. The van der Waals surface area contributed by atoms with Crippen LogP contribution in [0, 0.1) is 0 Å². The van der Waals surface area contributed by atoms with Crippen molar-refractivity contribution in [3.8, 4) is 11.5 Å². The minimum absolute atomic E-state index is 0.256. The van der Waals surface area contributed by atoms with Crippen LogP contribution in [0.15, 0.2) is 34.8 Å². The van der Waals surface area contributed by atoms with Crippen LogP contribution >= 0.6 is 27.3 Å². The van der Waals surface area contributed by atoms with E-state index in [0.717, 1.165) is 14.7 Å². The summed E-state index contributed by atoms with van der Waals surface area (Å²) in [6, 6.07) is 8.63. The van der Waals surface area contributed by atoms with Crippen LogP contribution < -0.4 is 26.1 Å². The molecule has 7 nitrogen and oxygen atoms in total. The Kier molecular flexibility index (Phi) is 5.07. The van der Waals surface area contributed by atoms with E-state index < -0.39 is 0 Å². The minimum atomic E-state index is -0.256. The van der Waals surface area contributed by atoms with Gasteiger partial charge in [0.1, 0.15) is 0 Å². The summed E-state index contributed by atoms with van der Waals surface area (Å²) in [5.74, 6) is 6.20. The number of nitrogens with one attached hydrogen (secondary N) is 2. The average molecular weight is 423 g/mol. The van der Waals surface area contributed by atoms with E-state index in [1.54, 1.807) is 31.4 Å². The van der Waals surface area contributed by atoms with Crippen LogP contribution in [0.3, 0.4) is 0 Å². The summed E-state index contributed by atoms with van der Waals surface area (Å²) in [5, 5.41) is 3.47. The molecule has 4 N–H and O–H groups in total. The number of fused-ring (bicyclic) bond motifs is 1. The highest BCUT2D eigenvalue weighted by molar-refractivity contribution is 9.10. The standard InChI is InChI=1S/C16H15BrN4O3S/c1-23-11-4-3-8(5-12(11)24-2)15(22)19-9-6-10(17)14-13(7-9)25-16(20-14)21-18/h3-7H,18H2,1-2H3,(H,19,22)(H,20,21). The maximum absolute atomic E-state index is 12.5. The van der Waals surface area contributed by atoms with E-state index in [1.165, 1.54) is 18.4 Å². The molecular weight excluding hydrogens is 408 g/mol. The molecule has 1 heterocycles. The molecule has 3 aromatic rings. The number of rotatable bonds is 5. The van der Waals surface area contributed by atoms with Crippen molar-refractivity contribution in [3.63, 3.8) is 0 Å². The number of carbonyl (C=O) groups is 1. The van der Waals surface area contributed by atoms with Crippen molar-refractivity contribution < 1.29 is 14.3 Å². The first-order valence-corrected chi connectivity index (χ1v) is 8.76. The van der Waals surface area contributed by atoms with Crippen molar-refractivity contribution >= 4 is 54.2 Å². The molecule has 9 heteroatoms. The molecule has 0 aliphatic carbocycles. The summed E-state index contributed by atoms with van der Waals surface area (Å²) in [5.41, 5.74) is 4.41. The number of carbonyl (C=O) groups excluding carboxylic acids is 1. The maximum atomic E-state index is 12.5. The van der Waals surface area contributed by atoms with E-state index in [1.807, 2.05) is 6.07 Å². The van der Waals surface area contributed by atoms with Crippen molar-refractivity contribution in [1.29, 1.82) is 0 Å².